The summed E-state index contributed by atoms with van der Waals surface area (Å²) >= 11 is 0. The Balaban J connectivity index is 1.57. The Labute approximate surface area is 170 Å². The van der Waals surface area contributed by atoms with E-state index in [2.05, 4.69) is 5.32 Å². The van der Waals surface area contributed by atoms with Crippen molar-refractivity contribution in [2.75, 3.05) is 11.9 Å². The van der Waals surface area contributed by atoms with Crippen molar-refractivity contribution < 1.29 is 28.5 Å². The topological polar surface area (TPSA) is 129 Å². The van der Waals surface area contributed by atoms with E-state index in [1.54, 1.807) is 18.2 Å². The number of ketones is 1. The molecule has 1 aromatic heterocycles. The molecule has 9 nitrogen and oxygen atoms in total. The number of esters is 1. The lowest BCUT2D eigenvalue weighted by Gasteiger charge is -2.06. The molecule has 3 rings (SSSR count). The van der Waals surface area contributed by atoms with E-state index in [-0.39, 0.29) is 17.2 Å². The van der Waals surface area contributed by atoms with Crippen LogP contribution in [-0.4, -0.2) is 29.2 Å². The van der Waals surface area contributed by atoms with Gasteiger partial charge in [0.2, 0.25) is 5.76 Å². The van der Waals surface area contributed by atoms with E-state index in [0.717, 1.165) is 0 Å². The summed E-state index contributed by atoms with van der Waals surface area (Å²) in [5.41, 5.74) is 1.33. The first kappa shape index (κ1) is 20.5. The minimum atomic E-state index is -0.837. The molecule has 30 heavy (non-hydrogen) atoms. The van der Waals surface area contributed by atoms with Crippen molar-refractivity contribution in [1.82, 2.24) is 0 Å². The van der Waals surface area contributed by atoms with E-state index in [0.29, 0.717) is 22.6 Å². The third-order valence-corrected chi connectivity index (χ3v) is 4.06. The van der Waals surface area contributed by atoms with Gasteiger partial charge in [-0.25, -0.2) is 4.79 Å². The number of hydrogen-bond donors (Lipinski definition) is 1. The van der Waals surface area contributed by atoms with Crippen LogP contribution in [0.4, 0.5) is 11.4 Å². The fraction of sp³-hybridized carbons (Fsp3) is 0.0952. The number of nitrogens with one attached hydrogen (secondary N) is 1. The normalized spacial score (nSPS) is 10.3. The van der Waals surface area contributed by atoms with E-state index < -0.39 is 23.4 Å². The summed E-state index contributed by atoms with van der Waals surface area (Å²) in [5, 5.41) is 13.2. The Hall–Kier alpha value is -4.27. The van der Waals surface area contributed by atoms with Gasteiger partial charge in [-0.05, 0) is 43.3 Å². The number of hydrogen-bond acceptors (Lipinski definition) is 7. The number of carbonyl (C=O) groups is 3. The minimum Gasteiger partial charge on any atom is -0.450 e. The third-order valence-electron chi connectivity index (χ3n) is 4.06. The van der Waals surface area contributed by atoms with Crippen LogP contribution in [0, 0.1) is 10.1 Å². The molecule has 0 bridgehead atoms. The maximum Gasteiger partial charge on any atom is 0.374 e. The molecule has 1 N–H and O–H groups in total. The van der Waals surface area contributed by atoms with Crippen LogP contribution < -0.4 is 5.32 Å². The summed E-state index contributed by atoms with van der Waals surface area (Å²) in [6.07, 6.45) is 0. The molecule has 1 heterocycles. The van der Waals surface area contributed by atoms with Gasteiger partial charge < -0.3 is 14.5 Å². The number of Topliss-reactive ketones (excluding diaryl/α,β-unsaturated/α-hetero) is 1. The second-order valence-electron chi connectivity index (χ2n) is 6.23. The summed E-state index contributed by atoms with van der Waals surface area (Å²) in [6, 6.07) is 14.9. The van der Waals surface area contributed by atoms with Crippen LogP contribution in [0.25, 0.3) is 11.3 Å². The molecule has 0 aliphatic carbocycles. The van der Waals surface area contributed by atoms with Gasteiger partial charge in [0, 0.05) is 28.9 Å². The quantitative estimate of drug-likeness (QED) is 0.272. The zero-order valence-electron chi connectivity index (χ0n) is 15.8. The molecule has 2 aromatic carbocycles. The van der Waals surface area contributed by atoms with Crippen LogP contribution >= 0.6 is 0 Å². The maximum atomic E-state index is 12.1. The molecule has 152 valence electrons. The first-order valence-electron chi connectivity index (χ1n) is 8.76. The van der Waals surface area contributed by atoms with E-state index in [1.807, 2.05) is 0 Å². The molecule has 9 heteroatoms. The van der Waals surface area contributed by atoms with Crippen LogP contribution in [-0.2, 0) is 9.53 Å². The summed E-state index contributed by atoms with van der Waals surface area (Å²) in [6.45, 7) is 0.869. The molecule has 0 fully saturated rings. The maximum absolute atomic E-state index is 12.1. The predicted molar refractivity (Wildman–Crippen MR) is 106 cm³/mol. The smallest absolute Gasteiger partial charge is 0.374 e. The highest BCUT2D eigenvalue weighted by Gasteiger charge is 2.16. The predicted octanol–water partition coefficient (Wildman–Crippen LogP) is 3.85. The standard InChI is InChI=1S/C21H16N2O7/c1-13(24)15-3-2-4-16(11-15)22-20(25)12-29-21(26)19-10-9-18(30-19)14-5-7-17(8-6-14)23(27)28/h2-11H,12H2,1H3,(H,22,25). The largest absolute Gasteiger partial charge is 0.450 e. The van der Waals surface area contributed by atoms with Crippen molar-refractivity contribution in [2.45, 2.75) is 6.92 Å². The number of nitrogens with zero attached hydrogens (tertiary/aromatic N) is 1. The van der Waals surface area contributed by atoms with E-state index >= 15 is 0 Å². The zero-order chi connectivity index (χ0) is 21.7. The van der Waals surface area contributed by atoms with Crippen LogP contribution in [0.2, 0.25) is 0 Å². The zero-order valence-corrected chi connectivity index (χ0v) is 15.8. The molecule has 0 radical (unpaired) electrons. The van der Waals surface area contributed by atoms with Gasteiger partial charge in [0.25, 0.3) is 11.6 Å². The van der Waals surface area contributed by atoms with Gasteiger partial charge >= 0.3 is 5.97 Å². The number of nitro benzene ring substituents is 1. The molecule has 0 spiro atoms. The fourth-order valence-electron chi connectivity index (χ4n) is 2.57. The van der Waals surface area contributed by atoms with Gasteiger partial charge in [-0.15, -0.1) is 0 Å². The Bertz CT molecular complexity index is 1120. The summed E-state index contributed by atoms with van der Waals surface area (Å²) < 4.78 is 10.3. The average Bonchev–Trinajstić information content (AvgIpc) is 3.22. The first-order chi connectivity index (χ1) is 14.3. The van der Waals surface area contributed by atoms with E-state index in [1.165, 1.54) is 49.4 Å². The molecule has 1 amide bonds. The summed E-state index contributed by atoms with van der Waals surface area (Å²) in [5.74, 6) is -1.35. The monoisotopic (exact) mass is 408 g/mol. The van der Waals surface area contributed by atoms with Crippen molar-refractivity contribution in [1.29, 1.82) is 0 Å². The van der Waals surface area contributed by atoms with Crippen LogP contribution in [0.15, 0.2) is 65.1 Å². The van der Waals surface area contributed by atoms with Gasteiger partial charge in [-0.2, -0.15) is 0 Å². The number of ether oxygens (including phenoxy) is 1. The van der Waals surface area contributed by atoms with Gasteiger partial charge in [-0.3, -0.25) is 19.7 Å². The van der Waals surface area contributed by atoms with Crippen LogP contribution in [0.5, 0.6) is 0 Å². The number of non-ortho nitro benzene ring substituents is 1. The summed E-state index contributed by atoms with van der Waals surface area (Å²) in [4.78, 5) is 45.7. The molecule has 0 aliphatic rings. The average molecular weight is 408 g/mol. The Morgan fingerprint density at radius 1 is 1.07 bits per heavy atom. The second kappa shape index (κ2) is 8.82. The lowest BCUT2D eigenvalue weighted by molar-refractivity contribution is -0.384. The third kappa shape index (κ3) is 4.96. The number of carbonyl (C=O) groups excluding carboxylic acids is 3. The van der Waals surface area contributed by atoms with Crippen LogP contribution in [0.3, 0.4) is 0 Å². The highest BCUT2D eigenvalue weighted by atomic mass is 16.6. The molecular formula is C21H16N2O7. The number of anilines is 1. The number of amides is 1. The first-order valence-corrected chi connectivity index (χ1v) is 8.76. The number of furan rings is 1. The van der Waals surface area contributed by atoms with Crippen LogP contribution in [0.1, 0.15) is 27.8 Å². The lowest BCUT2D eigenvalue weighted by atomic mass is 10.1. The van der Waals surface area contributed by atoms with Gasteiger partial charge in [0.05, 0.1) is 4.92 Å². The van der Waals surface area contributed by atoms with Gasteiger partial charge in [-0.1, -0.05) is 12.1 Å². The van der Waals surface area contributed by atoms with Crippen molar-refractivity contribution in [3.8, 4) is 11.3 Å². The van der Waals surface area contributed by atoms with Crippen molar-refractivity contribution in [3.05, 3.63) is 82.1 Å². The highest BCUT2D eigenvalue weighted by Crippen LogP contribution is 2.24. The Morgan fingerprint density at radius 2 is 1.80 bits per heavy atom. The summed E-state index contributed by atoms with van der Waals surface area (Å²) in [7, 11) is 0. The molecule has 3 aromatic rings. The number of rotatable bonds is 7. The molecule has 0 saturated carbocycles. The Kier molecular flexibility index (Phi) is 6.02. The van der Waals surface area contributed by atoms with E-state index in [9.17, 15) is 24.5 Å². The molecule has 0 saturated heterocycles. The lowest BCUT2D eigenvalue weighted by Crippen LogP contribution is -2.20. The SMILES string of the molecule is CC(=O)c1cccc(NC(=O)COC(=O)c2ccc(-c3ccc([N+](=O)[O-])cc3)o2)c1. The molecule has 0 atom stereocenters. The molecular weight excluding hydrogens is 392 g/mol. The molecule has 0 aliphatic heterocycles. The van der Waals surface area contributed by atoms with Crippen molar-refractivity contribution >= 4 is 29.0 Å². The highest BCUT2D eigenvalue weighted by molar-refractivity contribution is 5.98. The van der Waals surface area contributed by atoms with Crippen molar-refractivity contribution in [2.24, 2.45) is 0 Å². The fourth-order valence-corrected chi connectivity index (χ4v) is 2.57. The van der Waals surface area contributed by atoms with Crippen molar-refractivity contribution in [3.63, 3.8) is 0 Å². The number of nitro groups is 1. The Morgan fingerprint density at radius 3 is 2.47 bits per heavy atom. The number of benzene rings is 2. The van der Waals surface area contributed by atoms with Gasteiger partial charge in [0.15, 0.2) is 12.4 Å². The van der Waals surface area contributed by atoms with E-state index in [4.69, 9.17) is 9.15 Å². The van der Waals surface area contributed by atoms with Gasteiger partial charge in [0.1, 0.15) is 5.76 Å². The molecule has 0 unspecified atom stereocenters. The second-order valence-corrected chi connectivity index (χ2v) is 6.23. The minimum absolute atomic E-state index is 0.0650.